The number of carbonyl (C=O) groups excluding carboxylic acids is 2. The van der Waals surface area contributed by atoms with Gasteiger partial charge >= 0.3 is 12.2 Å². The van der Waals surface area contributed by atoms with E-state index in [-0.39, 0.29) is 30.1 Å². The third-order valence-corrected chi connectivity index (χ3v) is 8.16. The molecule has 2 aliphatic rings. The van der Waals surface area contributed by atoms with Gasteiger partial charge in [-0.3, -0.25) is 19.4 Å². The highest BCUT2D eigenvalue weighted by Crippen LogP contribution is 2.34. The number of carboxylic acid groups (broad SMARTS) is 2. The van der Waals surface area contributed by atoms with E-state index in [0.717, 1.165) is 11.1 Å². The summed E-state index contributed by atoms with van der Waals surface area (Å²) in [4.78, 5) is 55.7. The maximum Gasteiger partial charge on any atom is 0.407 e. The Bertz CT molecular complexity index is 1380. The van der Waals surface area contributed by atoms with Gasteiger partial charge in [-0.25, -0.2) is 9.59 Å². The van der Waals surface area contributed by atoms with Crippen LogP contribution in [-0.2, 0) is 9.59 Å². The van der Waals surface area contributed by atoms with Gasteiger partial charge < -0.3 is 29.5 Å². The molecule has 2 amide bonds. The summed E-state index contributed by atoms with van der Waals surface area (Å²) in [6.45, 7) is 3.14. The molecule has 2 unspecified atom stereocenters. The van der Waals surface area contributed by atoms with Crippen LogP contribution in [0.5, 0.6) is 11.5 Å². The van der Waals surface area contributed by atoms with Gasteiger partial charge in [0, 0.05) is 50.4 Å². The zero-order valence-corrected chi connectivity index (χ0v) is 26.0. The largest absolute Gasteiger partial charge is 0.496 e. The lowest BCUT2D eigenvalue weighted by Crippen LogP contribution is -2.48. The number of likely N-dealkylation sites (N-methyl/N-ethyl adjacent to an activating group) is 2. The number of rotatable bonds is 10. The van der Waals surface area contributed by atoms with Gasteiger partial charge in [0.15, 0.2) is 11.6 Å². The third-order valence-electron chi connectivity index (χ3n) is 8.16. The minimum absolute atomic E-state index is 0.318. The van der Waals surface area contributed by atoms with Gasteiger partial charge in [-0.2, -0.15) is 0 Å². The normalized spacial score (nSPS) is 19.6. The molecule has 2 atom stereocenters. The first kappa shape index (κ1) is 33.2. The molecule has 240 valence electrons. The first-order valence-electron chi connectivity index (χ1n) is 14.6. The number of benzene rings is 2. The number of amides is 2. The Balaban J connectivity index is 1.40. The average Bonchev–Trinajstić information content (AvgIpc) is 3.02. The molecule has 2 aromatic carbocycles. The molecule has 0 aliphatic carbocycles. The lowest BCUT2D eigenvalue weighted by molar-refractivity contribution is -0.121. The molecule has 45 heavy (non-hydrogen) atoms. The summed E-state index contributed by atoms with van der Waals surface area (Å²) < 4.78 is 11.1. The maximum absolute atomic E-state index is 12.6. The number of hydrogen-bond donors (Lipinski definition) is 2. The molecule has 12 heteroatoms. The highest BCUT2D eigenvalue weighted by atomic mass is 16.5. The van der Waals surface area contributed by atoms with E-state index in [2.05, 4.69) is 9.80 Å². The van der Waals surface area contributed by atoms with Crippen molar-refractivity contribution in [2.24, 2.45) is 0 Å². The van der Waals surface area contributed by atoms with Crippen LogP contribution in [0.4, 0.5) is 9.59 Å². The Morgan fingerprint density at radius 1 is 0.711 bits per heavy atom. The second kappa shape index (κ2) is 14.9. The second-order valence-electron chi connectivity index (χ2n) is 11.3. The van der Waals surface area contributed by atoms with Crippen LogP contribution in [0.25, 0.3) is 12.2 Å². The van der Waals surface area contributed by atoms with E-state index in [4.69, 9.17) is 9.47 Å². The first-order valence-corrected chi connectivity index (χ1v) is 14.6. The SMILES string of the molecule is COc1cc(/C=C/C(=O)CC(=O)/C=C/c2ccc(C3CN(C)CCN3C(=O)O)c(OC)c2)ccc1C1CN(C)CCN1C(=O)O. The molecule has 0 radical (unpaired) electrons. The van der Waals surface area contributed by atoms with E-state index >= 15 is 0 Å². The summed E-state index contributed by atoms with van der Waals surface area (Å²) in [5.41, 5.74) is 2.84. The van der Waals surface area contributed by atoms with Gasteiger partial charge in [0.25, 0.3) is 0 Å². The summed E-state index contributed by atoms with van der Waals surface area (Å²) in [5, 5.41) is 19.3. The van der Waals surface area contributed by atoms with Crippen LogP contribution >= 0.6 is 0 Å². The fourth-order valence-electron chi connectivity index (χ4n) is 5.71. The van der Waals surface area contributed by atoms with Gasteiger partial charge in [0.2, 0.25) is 0 Å². The van der Waals surface area contributed by atoms with Crippen LogP contribution in [0.3, 0.4) is 0 Å². The predicted molar refractivity (Wildman–Crippen MR) is 169 cm³/mol. The minimum Gasteiger partial charge on any atom is -0.496 e. The molecule has 0 bridgehead atoms. The number of methoxy groups -OCH3 is 2. The summed E-state index contributed by atoms with van der Waals surface area (Å²) in [7, 11) is 6.92. The lowest BCUT2D eigenvalue weighted by atomic mass is 9.99. The Kier molecular flexibility index (Phi) is 11.0. The molecule has 0 spiro atoms. The quantitative estimate of drug-likeness (QED) is 0.297. The summed E-state index contributed by atoms with van der Waals surface area (Å²) in [5.74, 6) is 0.286. The molecule has 4 rings (SSSR count). The highest BCUT2D eigenvalue weighted by Gasteiger charge is 2.33. The van der Waals surface area contributed by atoms with E-state index in [1.807, 2.05) is 26.2 Å². The minimum atomic E-state index is -0.987. The van der Waals surface area contributed by atoms with Crippen molar-refractivity contribution in [3.05, 3.63) is 70.8 Å². The second-order valence-corrected chi connectivity index (χ2v) is 11.3. The van der Waals surface area contributed by atoms with E-state index in [1.54, 1.807) is 36.4 Å². The number of carbonyl (C=O) groups is 4. The average molecular weight is 621 g/mol. The summed E-state index contributed by atoms with van der Waals surface area (Å²) in [6.07, 6.45) is 3.58. The monoisotopic (exact) mass is 620 g/mol. The third kappa shape index (κ3) is 8.28. The van der Waals surface area contributed by atoms with Gasteiger partial charge in [0.1, 0.15) is 11.5 Å². The molecule has 2 aliphatic heterocycles. The van der Waals surface area contributed by atoms with E-state index in [0.29, 0.717) is 61.9 Å². The number of nitrogens with zero attached hydrogens (tertiary/aromatic N) is 4. The van der Waals surface area contributed by atoms with Gasteiger partial charge in [-0.05, 0) is 49.5 Å². The van der Waals surface area contributed by atoms with E-state index in [9.17, 15) is 29.4 Å². The standard InChI is InChI=1S/C33H40N4O8/c1-34-13-15-36(32(40)41)28(20-34)26-11-7-22(17-30(26)44-3)5-9-24(38)19-25(39)10-6-23-8-12-27(31(18-23)45-4)29-21-35(2)14-16-37(29)33(42)43/h5-12,17-18,28-29H,13-16,19-21H2,1-4H3,(H,40,41)(H,42,43)/b9-5+,10-6+. The van der Waals surface area contributed by atoms with Crippen molar-refractivity contribution in [3.8, 4) is 11.5 Å². The van der Waals surface area contributed by atoms with E-state index < -0.39 is 12.2 Å². The number of piperazine rings is 2. The van der Waals surface area contributed by atoms with Gasteiger partial charge in [0.05, 0.1) is 32.7 Å². The maximum atomic E-state index is 12.6. The van der Waals surface area contributed by atoms with Gasteiger partial charge in [-0.15, -0.1) is 0 Å². The molecule has 0 aromatic heterocycles. The fourth-order valence-corrected chi connectivity index (χ4v) is 5.71. The van der Waals surface area contributed by atoms with Crippen LogP contribution in [0.2, 0.25) is 0 Å². The van der Waals surface area contributed by atoms with Crippen molar-refractivity contribution < 1.29 is 38.9 Å². The zero-order chi connectivity index (χ0) is 32.7. The molecular weight excluding hydrogens is 580 g/mol. The number of hydrogen-bond acceptors (Lipinski definition) is 8. The van der Waals surface area contributed by atoms with Crippen LogP contribution < -0.4 is 9.47 Å². The molecule has 2 saturated heterocycles. The van der Waals surface area contributed by atoms with E-state index in [1.165, 1.54) is 36.2 Å². The Morgan fingerprint density at radius 2 is 1.11 bits per heavy atom. The van der Waals surface area contributed by atoms with Crippen molar-refractivity contribution in [3.63, 3.8) is 0 Å². The van der Waals surface area contributed by atoms with Crippen molar-refractivity contribution in [2.45, 2.75) is 18.5 Å². The summed E-state index contributed by atoms with van der Waals surface area (Å²) >= 11 is 0. The van der Waals surface area contributed by atoms with Crippen molar-refractivity contribution >= 4 is 35.9 Å². The molecule has 2 aromatic rings. The lowest BCUT2D eigenvalue weighted by Gasteiger charge is -2.39. The molecule has 0 saturated carbocycles. The van der Waals surface area contributed by atoms with Crippen molar-refractivity contribution in [1.29, 1.82) is 0 Å². The topological polar surface area (TPSA) is 140 Å². The number of ether oxygens (including phenoxy) is 2. The number of ketones is 2. The number of allylic oxidation sites excluding steroid dienone is 2. The Hall–Kier alpha value is -4.68. The van der Waals surface area contributed by atoms with Crippen LogP contribution in [0.1, 0.15) is 40.8 Å². The van der Waals surface area contributed by atoms with Crippen LogP contribution in [-0.4, -0.2) is 121 Å². The predicted octanol–water partition coefficient (Wildman–Crippen LogP) is 3.89. The Morgan fingerprint density at radius 3 is 1.47 bits per heavy atom. The van der Waals surface area contributed by atoms with Crippen molar-refractivity contribution in [1.82, 2.24) is 19.6 Å². The Labute approximate surface area is 262 Å². The molecule has 12 nitrogen and oxygen atoms in total. The fraction of sp³-hybridized carbons (Fsp3) is 0.394. The van der Waals surface area contributed by atoms with Crippen LogP contribution in [0, 0.1) is 0 Å². The first-order chi connectivity index (χ1) is 21.5. The van der Waals surface area contributed by atoms with Gasteiger partial charge in [-0.1, -0.05) is 36.4 Å². The molecule has 2 fully saturated rings. The molecule has 2 heterocycles. The summed E-state index contributed by atoms with van der Waals surface area (Å²) in [6, 6.07) is 9.91. The molecular formula is C33H40N4O8. The van der Waals surface area contributed by atoms with Crippen LogP contribution in [0.15, 0.2) is 48.6 Å². The smallest absolute Gasteiger partial charge is 0.407 e. The zero-order valence-electron chi connectivity index (χ0n) is 26.0. The van der Waals surface area contributed by atoms with Crippen molar-refractivity contribution in [2.75, 3.05) is 67.6 Å². The molecule has 2 N–H and O–H groups in total. The highest BCUT2D eigenvalue weighted by molar-refractivity contribution is 6.10.